The smallest absolute Gasteiger partial charge is 0.252 e. The fourth-order valence-corrected chi connectivity index (χ4v) is 3.69. The fourth-order valence-electron chi connectivity index (χ4n) is 3.69. The van der Waals surface area contributed by atoms with E-state index in [1.807, 2.05) is 25.8 Å². The zero-order chi connectivity index (χ0) is 20.1. The molecular weight excluding hydrogens is 368 g/mol. The zero-order valence-electron chi connectivity index (χ0n) is 16.0. The highest BCUT2D eigenvalue weighted by Crippen LogP contribution is 2.45. The number of carbonyl (C=O) groups excluding carboxylic acids is 1. The Hall–Kier alpha value is -2.78. The van der Waals surface area contributed by atoms with E-state index in [0.29, 0.717) is 36.1 Å². The number of aromatic nitrogens is 4. The van der Waals surface area contributed by atoms with Crippen molar-refractivity contribution < 1.29 is 13.6 Å². The molecule has 1 amide bonds. The van der Waals surface area contributed by atoms with E-state index in [2.05, 4.69) is 25.7 Å². The Labute approximate surface area is 161 Å². The number of aryl methyl sites for hydroxylation is 1. The van der Waals surface area contributed by atoms with Gasteiger partial charge in [0.2, 0.25) is 11.9 Å². The molecule has 1 fully saturated rings. The highest BCUT2D eigenvalue weighted by molar-refractivity contribution is 6.03. The first-order valence-electron chi connectivity index (χ1n) is 9.34. The monoisotopic (exact) mass is 391 g/mol. The molecule has 0 saturated heterocycles. The normalized spacial score (nSPS) is 21.1. The third kappa shape index (κ3) is 3.27. The molecule has 1 saturated carbocycles. The number of hydrogen-bond acceptors (Lipinski definition) is 6. The quantitative estimate of drug-likeness (QED) is 0.815. The minimum atomic E-state index is -2.57. The second-order valence-electron chi connectivity index (χ2n) is 7.46. The van der Waals surface area contributed by atoms with Crippen molar-refractivity contribution in [3.8, 4) is 0 Å². The molecule has 2 aromatic heterocycles. The molecule has 0 bridgehead atoms. The lowest BCUT2D eigenvalue weighted by Crippen LogP contribution is -2.46. The first-order chi connectivity index (χ1) is 13.3. The number of halogens is 2. The van der Waals surface area contributed by atoms with Gasteiger partial charge in [0, 0.05) is 38.2 Å². The number of amides is 1. The van der Waals surface area contributed by atoms with Crippen molar-refractivity contribution in [1.82, 2.24) is 19.7 Å². The van der Waals surface area contributed by atoms with Gasteiger partial charge in [-0.1, -0.05) is 6.92 Å². The number of hydrogen-bond donors (Lipinski definition) is 2. The average molecular weight is 391 g/mol. The van der Waals surface area contributed by atoms with Crippen molar-refractivity contribution in [2.75, 3.05) is 22.6 Å². The fraction of sp³-hybridized carbons (Fsp3) is 0.556. The first kappa shape index (κ1) is 18.6. The zero-order valence-corrected chi connectivity index (χ0v) is 16.0. The molecular formula is C18H23F2N7O. The van der Waals surface area contributed by atoms with Crippen molar-refractivity contribution in [1.29, 1.82) is 0 Å². The molecule has 0 radical (unpaired) electrons. The van der Waals surface area contributed by atoms with Crippen molar-refractivity contribution >= 4 is 23.4 Å². The molecule has 2 aliphatic rings. The Balaban J connectivity index is 1.46. The number of nitrogens with one attached hydrogen (secondary N) is 2. The Morgan fingerprint density at radius 2 is 2.11 bits per heavy atom. The summed E-state index contributed by atoms with van der Waals surface area (Å²) in [6.07, 6.45) is 3.79. The predicted octanol–water partition coefficient (Wildman–Crippen LogP) is 2.73. The van der Waals surface area contributed by atoms with E-state index in [1.54, 1.807) is 17.1 Å². The molecule has 1 atom stereocenters. The van der Waals surface area contributed by atoms with Gasteiger partial charge < -0.3 is 15.5 Å². The second kappa shape index (κ2) is 6.68. The summed E-state index contributed by atoms with van der Waals surface area (Å²) in [6, 6.07) is -0.511. The lowest BCUT2D eigenvalue weighted by Gasteiger charge is -2.34. The van der Waals surface area contributed by atoms with E-state index < -0.39 is 5.92 Å². The van der Waals surface area contributed by atoms with Crippen LogP contribution in [0.25, 0.3) is 0 Å². The summed E-state index contributed by atoms with van der Waals surface area (Å²) < 4.78 is 27.7. The molecule has 8 nitrogen and oxygen atoms in total. The van der Waals surface area contributed by atoms with Gasteiger partial charge in [-0.3, -0.25) is 9.48 Å². The summed E-state index contributed by atoms with van der Waals surface area (Å²) in [5.41, 5.74) is 2.17. The van der Waals surface area contributed by atoms with E-state index >= 15 is 0 Å². The summed E-state index contributed by atoms with van der Waals surface area (Å²) in [5, 5.41) is 10.2. The van der Waals surface area contributed by atoms with Crippen molar-refractivity contribution in [2.45, 2.75) is 57.7 Å². The van der Waals surface area contributed by atoms with Gasteiger partial charge in [-0.25, -0.2) is 13.8 Å². The van der Waals surface area contributed by atoms with Gasteiger partial charge in [0.25, 0.3) is 5.92 Å². The summed E-state index contributed by atoms with van der Waals surface area (Å²) in [6.45, 7) is 4.20. The molecule has 4 rings (SSSR count). The Morgan fingerprint density at radius 3 is 2.79 bits per heavy atom. The number of alkyl halides is 2. The lowest BCUT2D eigenvalue weighted by molar-refractivity contribution is -0.117. The Kier molecular flexibility index (Phi) is 4.43. The van der Waals surface area contributed by atoms with Crippen molar-refractivity contribution in [3.63, 3.8) is 0 Å². The van der Waals surface area contributed by atoms with Gasteiger partial charge in [-0.2, -0.15) is 10.1 Å². The maximum Gasteiger partial charge on any atom is 0.252 e. The molecule has 0 spiro atoms. The van der Waals surface area contributed by atoms with Crippen LogP contribution in [-0.2, 0) is 11.3 Å². The van der Waals surface area contributed by atoms with Gasteiger partial charge in [-0.05, 0) is 13.3 Å². The SMILES string of the molecule is CCC1C(=O)Nc2c(C)nc(NCc3cnn(C4CC(F)(F)C4)c3)nc2N1C. The minimum absolute atomic E-state index is 0.0566. The third-order valence-corrected chi connectivity index (χ3v) is 5.36. The summed E-state index contributed by atoms with van der Waals surface area (Å²) in [4.78, 5) is 23.0. The first-order valence-corrected chi connectivity index (χ1v) is 9.34. The lowest BCUT2D eigenvalue weighted by atomic mass is 9.88. The number of rotatable bonds is 5. The molecule has 3 heterocycles. The van der Waals surface area contributed by atoms with Crippen LogP contribution < -0.4 is 15.5 Å². The predicted molar refractivity (Wildman–Crippen MR) is 101 cm³/mol. The Bertz CT molecular complexity index is 905. The molecule has 1 aliphatic heterocycles. The maximum atomic E-state index is 13.0. The van der Waals surface area contributed by atoms with E-state index in [4.69, 9.17) is 0 Å². The third-order valence-electron chi connectivity index (χ3n) is 5.36. The number of carbonyl (C=O) groups is 1. The van der Waals surface area contributed by atoms with Gasteiger partial charge in [0.15, 0.2) is 5.82 Å². The second-order valence-corrected chi connectivity index (χ2v) is 7.46. The van der Waals surface area contributed by atoms with Crippen molar-refractivity contribution in [2.24, 2.45) is 0 Å². The van der Waals surface area contributed by atoms with E-state index in [0.717, 1.165) is 5.56 Å². The molecule has 0 aromatic carbocycles. The van der Waals surface area contributed by atoms with Crippen LogP contribution in [0.2, 0.25) is 0 Å². The molecule has 1 aliphatic carbocycles. The van der Waals surface area contributed by atoms with Gasteiger partial charge in [0.1, 0.15) is 11.7 Å². The van der Waals surface area contributed by atoms with Crippen LogP contribution in [0.3, 0.4) is 0 Å². The molecule has 1 unspecified atom stereocenters. The maximum absolute atomic E-state index is 13.0. The Morgan fingerprint density at radius 1 is 1.36 bits per heavy atom. The van der Waals surface area contributed by atoms with Crippen molar-refractivity contribution in [3.05, 3.63) is 23.7 Å². The summed E-state index contributed by atoms with van der Waals surface area (Å²) >= 11 is 0. The molecule has 10 heteroatoms. The standard InChI is InChI=1S/C18H23F2N7O/c1-4-13-16(28)24-14-10(2)23-17(25-15(14)26(13)3)21-7-11-8-22-27(9-11)12-5-18(19,20)6-12/h8-9,12-13H,4-7H2,1-3H3,(H,24,28)(H,21,23,25). The molecule has 2 aromatic rings. The van der Waals surface area contributed by atoms with Crippen LogP contribution in [0.15, 0.2) is 12.4 Å². The largest absolute Gasteiger partial charge is 0.350 e. The van der Waals surface area contributed by atoms with Gasteiger partial charge in [0.05, 0.1) is 17.9 Å². The summed E-state index contributed by atoms with van der Waals surface area (Å²) in [7, 11) is 1.85. The number of fused-ring (bicyclic) bond motifs is 1. The highest BCUT2D eigenvalue weighted by Gasteiger charge is 2.46. The number of likely N-dealkylation sites (N-methyl/N-ethyl adjacent to an activating group) is 1. The average Bonchev–Trinajstić information content (AvgIpc) is 3.08. The van der Waals surface area contributed by atoms with Crippen LogP contribution in [0.4, 0.5) is 26.2 Å². The van der Waals surface area contributed by atoms with Crippen LogP contribution in [-0.4, -0.2) is 44.7 Å². The van der Waals surface area contributed by atoms with Gasteiger partial charge in [-0.15, -0.1) is 0 Å². The van der Waals surface area contributed by atoms with Crippen LogP contribution in [0.5, 0.6) is 0 Å². The minimum Gasteiger partial charge on any atom is -0.350 e. The number of nitrogens with zero attached hydrogens (tertiary/aromatic N) is 5. The van der Waals surface area contributed by atoms with E-state index in [9.17, 15) is 13.6 Å². The summed E-state index contributed by atoms with van der Waals surface area (Å²) in [5.74, 6) is -1.51. The van der Waals surface area contributed by atoms with Gasteiger partial charge >= 0.3 is 0 Å². The highest BCUT2D eigenvalue weighted by atomic mass is 19.3. The molecule has 28 heavy (non-hydrogen) atoms. The van der Waals surface area contributed by atoms with E-state index in [1.165, 1.54) is 0 Å². The van der Waals surface area contributed by atoms with Crippen LogP contribution >= 0.6 is 0 Å². The van der Waals surface area contributed by atoms with Crippen LogP contribution in [0, 0.1) is 6.92 Å². The van der Waals surface area contributed by atoms with Crippen LogP contribution in [0.1, 0.15) is 43.5 Å². The molecule has 150 valence electrons. The molecule has 2 N–H and O–H groups in total. The van der Waals surface area contributed by atoms with E-state index in [-0.39, 0.29) is 30.8 Å². The number of anilines is 3. The topological polar surface area (TPSA) is 88.0 Å².